The highest BCUT2D eigenvalue weighted by Crippen LogP contribution is 2.19. The van der Waals surface area contributed by atoms with E-state index in [0.29, 0.717) is 22.7 Å². The van der Waals surface area contributed by atoms with Crippen LogP contribution in [0.25, 0.3) is 0 Å². The van der Waals surface area contributed by atoms with Crippen molar-refractivity contribution in [2.24, 2.45) is 0 Å². The van der Waals surface area contributed by atoms with Gasteiger partial charge in [-0.1, -0.05) is 36.4 Å². The third-order valence-electron chi connectivity index (χ3n) is 4.78. The van der Waals surface area contributed by atoms with E-state index < -0.39 is 6.10 Å². The molecule has 0 saturated carbocycles. The highest BCUT2D eigenvalue weighted by atomic mass is 16.5. The third kappa shape index (κ3) is 6.09. The normalized spacial score (nSPS) is 12.4. The summed E-state index contributed by atoms with van der Waals surface area (Å²) >= 11 is 0. The minimum absolute atomic E-state index is 0.134. The van der Waals surface area contributed by atoms with Crippen molar-refractivity contribution in [2.75, 3.05) is 12.4 Å². The Kier molecular flexibility index (Phi) is 7.27. The van der Waals surface area contributed by atoms with Crippen molar-refractivity contribution >= 4 is 17.5 Å². The summed E-state index contributed by atoms with van der Waals surface area (Å²) in [6.45, 7) is 3.59. The highest BCUT2D eigenvalue weighted by Gasteiger charge is 2.16. The first-order chi connectivity index (χ1) is 15.0. The average Bonchev–Trinajstić information content (AvgIpc) is 2.80. The average molecular weight is 418 g/mol. The monoisotopic (exact) mass is 418 g/mol. The number of rotatable bonds is 8. The van der Waals surface area contributed by atoms with Gasteiger partial charge >= 0.3 is 0 Å². The van der Waals surface area contributed by atoms with Gasteiger partial charge in [0.1, 0.15) is 11.5 Å². The van der Waals surface area contributed by atoms with E-state index >= 15 is 0 Å². The van der Waals surface area contributed by atoms with E-state index in [-0.39, 0.29) is 17.9 Å². The molecular formula is C25H26N2O4. The van der Waals surface area contributed by atoms with Gasteiger partial charge in [-0.3, -0.25) is 9.59 Å². The maximum Gasteiger partial charge on any atom is 0.265 e. The van der Waals surface area contributed by atoms with Crippen molar-refractivity contribution in [2.45, 2.75) is 26.0 Å². The van der Waals surface area contributed by atoms with E-state index in [9.17, 15) is 9.59 Å². The van der Waals surface area contributed by atoms with Gasteiger partial charge in [-0.05, 0) is 61.9 Å². The minimum atomic E-state index is -0.719. The van der Waals surface area contributed by atoms with Crippen LogP contribution in [0.4, 0.5) is 5.69 Å². The molecule has 0 aliphatic rings. The first-order valence-electron chi connectivity index (χ1n) is 10.0. The van der Waals surface area contributed by atoms with Crippen LogP contribution in [-0.4, -0.2) is 25.0 Å². The Labute approximate surface area is 182 Å². The van der Waals surface area contributed by atoms with Crippen LogP contribution in [0.1, 0.15) is 35.8 Å². The maximum atomic E-state index is 12.6. The maximum absolute atomic E-state index is 12.6. The third-order valence-corrected chi connectivity index (χ3v) is 4.78. The Morgan fingerprint density at radius 2 is 1.52 bits per heavy atom. The summed E-state index contributed by atoms with van der Waals surface area (Å²) in [5.74, 6) is 0.744. The fraction of sp³-hybridized carbons (Fsp3) is 0.200. The molecule has 2 amide bonds. The van der Waals surface area contributed by atoms with Crippen LogP contribution < -0.4 is 20.1 Å². The van der Waals surface area contributed by atoms with Crippen molar-refractivity contribution < 1.29 is 19.1 Å². The van der Waals surface area contributed by atoms with Gasteiger partial charge in [-0.2, -0.15) is 0 Å². The van der Waals surface area contributed by atoms with Gasteiger partial charge in [0.25, 0.3) is 11.8 Å². The molecule has 0 aromatic heterocycles. The van der Waals surface area contributed by atoms with Gasteiger partial charge in [0.2, 0.25) is 0 Å². The molecule has 2 unspecified atom stereocenters. The first-order valence-corrected chi connectivity index (χ1v) is 10.0. The molecule has 6 heteroatoms. The van der Waals surface area contributed by atoms with E-state index in [1.54, 1.807) is 62.6 Å². The van der Waals surface area contributed by atoms with Crippen molar-refractivity contribution in [1.82, 2.24) is 5.32 Å². The van der Waals surface area contributed by atoms with Gasteiger partial charge in [0, 0.05) is 11.3 Å². The molecule has 0 saturated heterocycles. The predicted molar refractivity (Wildman–Crippen MR) is 120 cm³/mol. The smallest absolute Gasteiger partial charge is 0.265 e. The van der Waals surface area contributed by atoms with Crippen LogP contribution in [0, 0.1) is 0 Å². The van der Waals surface area contributed by atoms with E-state index in [1.165, 1.54) is 0 Å². The zero-order chi connectivity index (χ0) is 22.2. The molecular weight excluding hydrogens is 392 g/mol. The summed E-state index contributed by atoms with van der Waals surface area (Å²) in [7, 11) is 1.59. The Bertz CT molecular complexity index is 1020. The highest BCUT2D eigenvalue weighted by molar-refractivity contribution is 5.98. The summed E-state index contributed by atoms with van der Waals surface area (Å²) < 4.78 is 10.8. The Hall–Kier alpha value is -3.80. The zero-order valence-electron chi connectivity index (χ0n) is 17.8. The number of hydrogen-bond acceptors (Lipinski definition) is 4. The van der Waals surface area contributed by atoms with E-state index in [2.05, 4.69) is 10.6 Å². The molecule has 3 aromatic carbocycles. The Morgan fingerprint density at radius 3 is 2.19 bits per heavy atom. The molecule has 0 bridgehead atoms. The number of anilines is 1. The predicted octanol–water partition coefficient (Wildman–Crippen LogP) is 4.59. The summed E-state index contributed by atoms with van der Waals surface area (Å²) in [5.41, 5.74) is 2.00. The lowest BCUT2D eigenvalue weighted by Gasteiger charge is -2.16. The first kappa shape index (κ1) is 21.9. The number of ether oxygens (including phenoxy) is 2. The molecule has 2 N–H and O–H groups in total. The lowest BCUT2D eigenvalue weighted by molar-refractivity contribution is -0.122. The van der Waals surface area contributed by atoms with Crippen molar-refractivity contribution in [3.63, 3.8) is 0 Å². The number of carbonyl (C=O) groups excluding carboxylic acids is 2. The topological polar surface area (TPSA) is 76.7 Å². The molecule has 0 spiro atoms. The van der Waals surface area contributed by atoms with Crippen LogP contribution in [0.3, 0.4) is 0 Å². The fourth-order valence-corrected chi connectivity index (χ4v) is 3.00. The standard InChI is InChI=1S/C25H26N2O4/c1-17(19-8-5-4-6-9-19)26-25(29)20-10-7-11-21(16-20)27-24(28)18(2)31-23-14-12-22(30-3)13-15-23/h4-18H,1-3H3,(H,26,29)(H,27,28). The Balaban J connectivity index is 1.59. The molecule has 0 fully saturated rings. The summed E-state index contributed by atoms with van der Waals surface area (Å²) in [5, 5.41) is 5.77. The number of methoxy groups -OCH3 is 1. The Morgan fingerprint density at radius 1 is 0.839 bits per heavy atom. The van der Waals surface area contributed by atoms with Crippen LogP contribution in [-0.2, 0) is 4.79 Å². The molecule has 31 heavy (non-hydrogen) atoms. The second-order valence-electron chi connectivity index (χ2n) is 7.11. The molecule has 160 valence electrons. The summed E-state index contributed by atoms with van der Waals surface area (Å²) in [6.07, 6.45) is -0.719. The lowest BCUT2D eigenvalue weighted by Crippen LogP contribution is -2.30. The van der Waals surface area contributed by atoms with Crippen LogP contribution in [0.5, 0.6) is 11.5 Å². The number of carbonyl (C=O) groups is 2. The van der Waals surface area contributed by atoms with Crippen LogP contribution in [0.2, 0.25) is 0 Å². The quantitative estimate of drug-likeness (QED) is 0.561. The van der Waals surface area contributed by atoms with Gasteiger partial charge in [0.15, 0.2) is 6.10 Å². The molecule has 0 aliphatic heterocycles. The number of amides is 2. The second kappa shape index (κ2) is 10.3. The second-order valence-corrected chi connectivity index (χ2v) is 7.11. The van der Waals surface area contributed by atoms with E-state index in [4.69, 9.17) is 9.47 Å². The van der Waals surface area contributed by atoms with Crippen molar-refractivity contribution in [1.29, 1.82) is 0 Å². The van der Waals surface area contributed by atoms with Gasteiger partial charge in [-0.25, -0.2) is 0 Å². The molecule has 0 heterocycles. The summed E-state index contributed by atoms with van der Waals surface area (Å²) in [4.78, 5) is 25.2. The van der Waals surface area contributed by atoms with Gasteiger partial charge < -0.3 is 20.1 Å². The largest absolute Gasteiger partial charge is 0.497 e. The molecule has 3 rings (SSSR count). The lowest BCUT2D eigenvalue weighted by atomic mass is 10.1. The van der Waals surface area contributed by atoms with Crippen molar-refractivity contribution in [3.8, 4) is 11.5 Å². The number of hydrogen-bond donors (Lipinski definition) is 2. The van der Waals surface area contributed by atoms with Crippen molar-refractivity contribution in [3.05, 3.63) is 90.0 Å². The number of benzene rings is 3. The molecule has 0 aliphatic carbocycles. The van der Waals surface area contributed by atoms with E-state index in [0.717, 1.165) is 5.56 Å². The SMILES string of the molecule is COc1ccc(OC(C)C(=O)Nc2cccc(C(=O)NC(C)c3ccccc3)c2)cc1. The molecule has 2 atom stereocenters. The zero-order valence-corrected chi connectivity index (χ0v) is 17.8. The molecule has 0 radical (unpaired) electrons. The van der Waals surface area contributed by atoms with Crippen LogP contribution in [0.15, 0.2) is 78.9 Å². The van der Waals surface area contributed by atoms with Crippen LogP contribution >= 0.6 is 0 Å². The van der Waals surface area contributed by atoms with Gasteiger partial charge in [0.05, 0.1) is 13.2 Å². The molecule has 3 aromatic rings. The fourth-order valence-electron chi connectivity index (χ4n) is 3.00. The number of nitrogens with one attached hydrogen (secondary N) is 2. The summed E-state index contributed by atoms with van der Waals surface area (Å²) in [6, 6.07) is 23.4. The van der Waals surface area contributed by atoms with Gasteiger partial charge in [-0.15, -0.1) is 0 Å². The molecule has 6 nitrogen and oxygen atoms in total. The van der Waals surface area contributed by atoms with E-state index in [1.807, 2.05) is 37.3 Å². The minimum Gasteiger partial charge on any atom is -0.497 e.